The molecule has 2 N–H and O–H groups in total. The van der Waals surface area contributed by atoms with Crippen molar-refractivity contribution in [3.8, 4) is 0 Å². The Hall–Kier alpha value is -1.48. The van der Waals surface area contributed by atoms with Crippen molar-refractivity contribution in [1.29, 1.82) is 0 Å². The van der Waals surface area contributed by atoms with E-state index in [1.807, 2.05) is 41.8 Å². The summed E-state index contributed by atoms with van der Waals surface area (Å²) in [5, 5.41) is 1.69. The monoisotopic (exact) mass is 648 g/mol. The molecule has 3 heterocycles. The maximum absolute atomic E-state index is 12.4. The molecule has 2 atom stereocenters. The van der Waals surface area contributed by atoms with E-state index in [4.69, 9.17) is 23.2 Å². The van der Waals surface area contributed by atoms with E-state index in [1.165, 1.54) is 23.1 Å². The van der Waals surface area contributed by atoms with Crippen LogP contribution in [0.4, 0.5) is 5.69 Å². The predicted molar refractivity (Wildman–Crippen MR) is 158 cm³/mol. The third kappa shape index (κ3) is 5.68. The molecular weight excluding hydrogens is 623 g/mol. The molecule has 2 aliphatic heterocycles. The van der Waals surface area contributed by atoms with Crippen LogP contribution in [0.2, 0.25) is 10.0 Å². The van der Waals surface area contributed by atoms with Crippen LogP contribution >= 0.6 is 46.3 Å². The van der Waals surface area contributed by atoms with Crippen LogP contribution in [0.5, 0.6) is 0 Å². The molecule has 1 spiro atoms. The maximum atomic E-state index is 12.4. The Morgan fingerprint density at radius 3 is 2.49 bits per heavy atom. The second-order valence-electron chi connectivity index (χ2n) is 9.46. The molecule has 1 fully saturated rings. The summed E-state index contributed by atoms with van der Waals surface area (Å²) in [4.78, 5) is 0.895. The average molecular weight is 650 g/mol. The second-order valence-corrected chi connectivity index (χ2v) is 15.6. The number of aromatic nitrogens is 1. The molecule has 1 saturated heterocycles. The first-order valence-electron chi connectivity index (χ1n) is 12.1. The number of hydrogen-bond acceptors (Lipinski definition) is 6. The molecule has 208 valence electrons. The van der Waals surface area contributed by atoms with E-state index < -0.39 is 25.6 Å². The number of thiazole rings is 1. The average Bonchev–Trinajstić information content (AvgIpc) is 3.31. The summed E-state index contributed by atoms with van der Waals surface area (Å²) >= 11 is 15.6. The number of nitrogens with zero attached hydrogens (tertiary/aromatic N) is 2. The van der Waals surface area contributed by atoms with Gasteiger partial charge in [-0.1, -0.05) is 41.5 Å². The van der Waals surface area contributed by atoms with Crippen LogP contribution in [0.3, 0.4) is 0 Å². The van der Waals surface area contributed by atoms with Crippen molar-refractivity contribution in [2.24, 2.45) is 0 Å². The van der Waals surface area contributed by atoms with Gasteiger partial charge in [0.25, 0.3) is 15.1 Å². The number of aryl methyl sites for hydroxylation is 1. The topological polar surface area (TPSA) is 113 Å². The summed E-state index contributed by atoms with van der Waals surface area (Å²) in [5.74, 6) is -0.361. The zero-order chi connectivity index (χ0) is 28.2. The molecule has 8 nitrogen and oxygen atoms in total. The van der Waals surface area contributed by atoms with Gasteiger partial charge in [-0.15, -0.1) is 0 Å². The normalized spacial score (nSPS) is 22.5. The van der Waals surface area contributed by atoms with Gasteiger partial charge in [0, 0.05) is 40.8 Å². The Bertz CT molecular complexity index is 1750. The minimum Gasteiger partial charge on any atom is -0.286 e. The van der Waals surface area contributed by atoms with Crippen LogP contribution in [-0.4, -0.2) is 43.6 Å². The molecule has 14 heteroatoms. The molecule has 0 aliphatic carbocycles. The lowest BCUT2D eigenvalue weighted by Crippen LogP contribution is -2.66. The first-order chi connectivity index (χ1) is 18.3. The van der Waals surface area contributed by atoms with Gasteiger partial charge in [-0.05, 0) is 48.0 Å². The quantitative estimate of drug-likeness (QED) is 0.171. The van der Waals surface area contributed by atoms with Gasteiger partial charge in [0.2, 0.25) is 10.9 Å². The third-order valence-corrected chi connectivity index (χ3v) is 11.9. The number of fused-ring (bicyclic) bond motifs is 3. The minimum absolute atomic E-state index is 0.00706. The van der Waals surface area contributed by atoms with E-state index >= 15 is 0 Å². The molecule has 5 rings (SSSR count). The Morgan fingerprint density at radius 2 is 1.85 bits per heavy atom. The van der Waals surface area contributed by atoms with E-state index in [9.17, 15) is 25.9 Å². The second kappa shape index (κ2) is 10.7. The number of benzene rings is 2. The van der Waals surface area contributed by atoms with Gasteiger partial charge in [-0.2, -0.15) is 21.4 Å². The Morgan fingerprint density at radius 1 is 1.13 bits per heavy atom. The van der Waals surface area contributed by atoms with E-state index in [-0.39, 0.29) is 16.7 Å². The van der Waals surface area contributed by atoms with Crippen molar-refractivity contribution in [2.45, 2.75) is 43.0 Å². The number of allylic oxidation sites excluding steroid dienone is 2. The molecule has 0 saturated carbocycles. The molecule has 2 aromatic carbocycles. The molecule has 2 aliphatic rings. The fraction of sp³-hybridized carbons (Fsp3) is 0.320. The largest absolute Gasteiger partial charge is 0.320 e. The molecule has 2 unspecified atom stereocenters. The van der Waals surface area contributed by atoms with E-state index in [0.29, 0.717) is 36.0 Å². The number of hydrogen-bond donors (Lipinski definition) is 2. The van der Waals surface area contributed by atoms with Crippen molar-refractivity contribution in [3.63, 3.8) is 0 Å². The number of rotatable bonds is 8. The van der Waals surface area contributed by atoms with Crippen LogP contribution < -0.4 is 9.05 Å². The molecule has 0 bridgehead atoms. The molecule has 1 aromatic heterocycles. The van der Waals surface area contributed by atoms with Gasteiger partial charge < -0.3 is 0 Å². The van der Waals surface area contributed by atoms with Crippen molar-refractivity contribution in [1.82, 2.24) is 4.48 Å². The first kappa shape index (κ1) is 29.0. The summed E-state index contributed by atoms with van der Waals surface area (Å²) < 4.78 is 69.7. The molecular formula is C25H26Cl2N2O6S4+2. The van der Waals surface area contributed by atoms with Gasteiger partial charge in [0.05, 0.1) is 23.6 Å². The standard InChI is InChI=1S/C25H24Cl2N2O6S4/c1-2-16(12-23-28(9-3-11-38(30,31)32)19-14-17(26)4-6-21(19)36-23)13-24-29(10-8-25(29)39(33,34)35)20-15-18(27)5-7-22(20)37-24/h4-7,12-15,25H,2-3,8-11H2,1H3/p+2. The van der Waals surface area contributed by atoms with Crippen molar-refractivity contribution < 1.29 is 30.5 Å². The van der Waals surface area contributed by atoms with Crippen LogP contribution in [0, 0.1) is 0 Å². The lowest BCUT2D eigenvalue weighted by atomic mass is 10.1. The zero-order valence-electron chi connectivity index (χ0n) is 20.7. The number of thioether (sulfide) groups is 1. The van der Waals surface area contributed by atoms with Crippen molar-refractivity contribution in [3.05, 3.63) is 68.1 Å². The van der Waals surface area contributed by atoms with E-state index in [2.05, 4.69) is 0 Å². The number of halogens is 2. The summed E-state index contributed by atoms with van der Waals surface area (Å²) in [6.07, 6.45) is 5.17. The van der Waals surface area contributed by atoms with Crippen molar-refractivity contribution in [2.75, 3.05) is 12.3 Å². The molecule has 0 amide bonds. The van der Waals surface area contributed by atoms with Crippen molar-refractivity contribution >= 4 is 88.5 Å². The van der Waals surface area contributed by atoms with Crippen LogP contribution in [0.1, 0.15) is 31.2 Å². The fourth-order valence-electron chi connectivity index (χ4n) is 5.12. The minimum atomic E-state index is -4.33. The highest BCUT2D eigenvalue weighted by Gasteiger charge is 2.61. The van der Waals surface area contributed by atoms with Crippen LogP contribution in [0.25, 0.3) is 16.3 Å². The Kier molecular flexibility index (Phi) is 7.99. The maximum Gasteiger partial charge on any atom is 0.320 e. The Labute approximate surface area is 245 Å². The predicted octanol–water partition coefficient (Wildman–Crippen LogP) is 6.14. The highest BCUT2D eigenvalue weighted by atomic mass is 35.5. The lowest BCUT2D eigenvalue weighted by molar-refractivity contribution is -0.668. The van der Waals surface area contributed by atoms with Gasteiger partial charge in [-0.25, -0.2) is 4.48 Å². The van der Waals surface area contributed by atoms with Gasteiger partial charge >= 0.3 is 10.1 Å². The van der Waals surface area contributed by atoms with Gasteiger partial charge in [0.1, 0.15) is 4.70 Å². The zero-order valence-corrected chi connectivity index (χ0v) is 25.5. The Balaban J connectivity index is 1.60. The highest BCUT2D eigenvalue weighted by molar-refractivity contribution is 8.03. The molecule has 3 aromatic rings. The first-order valence-corrected chi connectivity index (χ1v) is 17.6. The lowest BCUT2D eigenvalue weighted by Gasteiger charge is -2.47. The third-order valence-electron chi connectivity index (χ3n) is 7.03. The summed E-state index contributed by atoms with van der Waals surface area (Å²) in [7, 11) is -8.42. The van der Waals surface area contributed by atoms with E-state index in [0.717, 1.165) is 36.4 Å². The fourth-order valence-corrected chi connectivity index (χ4v) is 9.73. The van der Waals surface area contributed by atoms with E-state index in [1.54, 1.807) is 18.2 Å². The SMILES string of the molecule is CCC(=Cc1sc2ccc(Cl)cc2[n+]1CCCS(=O)(=O)O)C=C1Sc2ccc(Cl)cc2[N+]12CCC2S(=O)(=O)O. The van der Waals surface area contributed by atoms with Crippen LogP contribution in [0.15, 0.2) is 58.0 Å². The summed E-state index contributed by atoms with van der Waals surface area (Å²) in [5.41, 5.74) is 2.54. The highest BCUT2D eigenvalue weighted by Crippen LogP contribution is 2.58. The molecule has 0 radical (unpaired) electrons. The van der Waals surface area contributed by atoms with Crippen LogP contribution in [-0.2, 0) is 26.8 Å². The summed E-state index contributed by atoms with van der Waals surface area (Å²) in [6, 6.07) is 10.9. The van der Waals surface area contributed by atoms with Gasteiger partial charge in [-0.3, -0.25) is 9.11 Å². The van der Waals surface area contributed by atoms with Gasteiger partial charge in [0.15, 0.2) is 17.3 Å². The summed E-state index contributed by atoms with van der Waals surface area (Å²) in [6.45, 7) is 2.87. The number of quaternary nitrogens is 1. The molecule has 39 heavy (non-hydrogen) atoms. The smallest absolute Gasteiger partial charge is 0.286 e.